The summed E-state index contributed by atoms with van der Waals surface area (Å²) >= 11 is 0. The van der Waals surface area contributed by atoms with Gasteiger partial charge in [0.1, 0.15) is 18.3 Å². The van der Waals surface area contributed by atoms with E-state index < -0.39 is 23.8 Å². The number of amides is 2. The van der Waals surface area contributed by atoms with Crippen LogP contribution in [0.15, 0.2) is 36.7 Å². The standard InChI is InChI=1S/C20H27N5O4/c1-14(20(28)29-12-15-8-4-2-5-9-15)25-19(27)17-16(23-13-24-17)18(26)22-11-7-3-6-10-21/h2,4-5,8-9,13-14H,3,6-7,10-12,21H2,1H3,(H,22,26)(H,23,24)(H,25,27)/t14-/m0/s1. The Morgan fingerprint density at radius 1 is 1.14 bits per heavy atom. The minimum absolute atomic E-state index is 0.0474. The number of carbonyl (C=O) groups is 3. The molecule has 0 aliphatic rings. The molecule has 5 N–H and O–H groups in total. The van der Waals surface area contributed by atoms with Crippen LogP contribution in [0, 0.1) is 0 Å². The van der Waals surface area contributed by atoms with Gasteiger partial charge < -0.3 is 26.1 Å². The van der Waals surface area contributed by atoms with E-state index >= 15 is 0 Å². The van der Waals surface area contributed by atoms with Crippen LogP contribution in [0.3, 0.4) is 0 Å². The first-order valence-corrected chi connectivity index (χ1v) is 9.56. The lowest BCUT2D eigenvalue weighted by atomic mass is 10.2. The number of rotatable bonds is 11. The molecule has 2 rings (SSSR count). The molecule has 1 aromatic heterocycles. The minimum atomic E-state index is -0.893. The number of imidazole rings is 1. The highest BCUT2D eigenvalue weighted by Gasteiger charge is 2.24. The predicted octanol–water partition coefficient (Wildman–Crippen LogP) is 1.13. The molecule has 2 amide bonds. The van der Waals surface area contributed by atoms with E-state index in [2.05, 4.69) is 20.6 Å². The topological polar surface area (TPSA) is 139 Å². The van der Waals surface area contributed by atoms with Crippen LogP contribution in [0.4, 0.5) is 0 Å². The van der Waals surface area contributed by atoms with Crippen molar-refractivity contribution in [3.63, 3.8) is 0 Å². The molecule has 9 nitrogen and oxygen atoms in total. The van der Waals surface area contributed by atoms with Gasteiger partial charge in [-0.2, -0.15) is 0 Å². The summed E-state index contributed by atoms with van der Waals surface area (Å²) in [6.07, 6.45) is 3.86. The Morgan fingerprint density at radius 2 is 1.90 bits per heavy atom. The molecule has 0 aliphatic heterocycles. The summed E-state index contributed by atoms with van der Waals surface area (Å²) < 4.78 is 5.20. The third-order valence-corrected chi connectivity index (χ3v) is 4.17. The molecule has 1 atom stereocenters. The average molecular weight is 401 g/mol. The molecule has 2 aromatic rings. The van der Waals surface area contributed by atoms with Crippen molar-refractivity contribution < 1.29 is 19.1 Å². The summed E-state index contributed by atoms with van der Waals surface area (Å²) in [5.74, 6) is -1.65. The van der Waals surface area contributed by atoms with Gasteiger partial charge in [0.25, 0.3) is 11.8 Å². The van der Waals surface area contributed by atoms with E-state index in [-0.39, 0.29) is 18.0 Å². The summed E-state index contributed by atoms with van der Waals surface area (Å²) in [4.78, 5) is 43.4. The number of hydrogen-bond acceptors (Lipinski definition) is 6. The number of esters is 1. The van der Waals surface area contributed by atoms with Crippen LogP contribution >= 0.6 is 0 Å². The second-order valence-corrected chi connectivity index (χ2v) is 6.52. The van der Waals surface area contributed by atoms with Gasteiger partial charge in [-0.3, -0.25) is 9.59 Å². The number of benzene rings is 1. The fourth-order valence-corrected chi connectivity index (χ4v) is 2.55. The normalized spacial score (nSPS) is 11.5. The van der Waals surface area contributed by atoms with Gasteiger partial charge in [-0.15, -0.1) is 0 Å². The second kappa shape index (κ2) is 11.6. The van der Waals surface area contributed by atoms with Crippen molar-refractivity contribution in [2.45, 2.75) is 38.8 Å². The molecule has 1 aromatic carbocycles. The van der Waals surface area contributed by atoms with Crippen LogP contribution in [0.5, 0.6) is 0 Å². The highest BCUT2D eigenvalue weighted by Crippen LogP contribution is 2.06. The third kappa shape index (κ3) is 7.04. The van der Waals surface area contributed by atoms with Crippen molar-refractivity contribution in [3.8, 4) is 0 Å². The summed E-state index contributed by atoms with van der Waals surface area (Å²) in [7, 11) is 0. The van der Waals surface area contributed by atoms with Gasteiger partial charge in [0.05, 0.1) is 6.33 Å². The molecule has 0 fully saturated rings. The summed E-state index contributed by atoms with van der Waals surface area (Å²) in [5, 5.41) is 5.24. The highest BCUT2D eigenvalue weighted by atomic mass is 16.5. The predicted molar refractivity (Wildman–Crippen MR) is 107 cm³/mol. The number of aromatic amines is 1. The van der Waals surface area contributed by atoms with Crippen molar-refractivity contribution in [3.05, 3.63) is 53.6 Å². The quantitative estimate of drug-likeness (QED) is 0.329. The van der Waals surface area contributed by atoms with E-state index in [0.29, 0.717) is 13.1 Å². The maximum atomic E-state index is 12.4. The molecule has 0 saturated heterocycles. The Kier molecular flexibility index (Phi) is 8.84. The number of unbranched alkanes of at least 4 members (excludes halogenated alkanes) is 2. The van der Waals surface area contributed by atoms with Crippen LogP contribution < -0.4 is 16.4 Å². The lowest BCUT2D eigenvalue weighted by Gasteiger charge is -2.13. The Labute approximate surface area is 169 Å². The SMILES string of the molecule is C[C@H](NC(=O)c1nc[nH]c1C(=O)NCCCCCN)C(=O)OCc1ccccc1. The summed E-state index contributed by atoms with van der Waals surface area (Å²) in [6.45, 7) is 2.71. The molecule has 29 heavy (non-hydrogen) atoms. The minimum Gasteiger partial charge on any atom is -0.459 e. The first-order valence-electron chi connectivity index (χ1n) is 9.56. The number of nitrogens with zero attached hydrogens (tertiary/aromatic N) is 1. The Bertz CT molecular complexity index is 806. The number of carbonyl (C=O) groups excluding carboxylic acids is 3. The third-order valence-electron chi connectivity index (χ3n) is 4.17. The Morgan fingerprint density at radius 3 is 2.62 bits per heavy atom. The highest BCUT2D eigenvalue weighted by molar-refractivity contribution is 6.05. The molecule has 1 heterocycles. The molecule has 9 heteroatoms. The molecule has 0 saturated carbocycles. The van der Waals surface area contributed by atoms with Gasteiger partial charge in [-0.25, -0.2) is 9.78 Å². The van der Waals surface area contributed by atoms with Crippen LogP contribution in [-0.4, -0.2) is 46.9 Å². The van der Waals surface area contributed by atoms with Gasteiger partial charge in [-0.05, 0) is 31.9 Å². The maximum Gasteiger partial charge on any atom is 0.328 e. The van der Waals surface area contributed by atoms with E-state index in [1.54, 1.807) is 0 Å². The van der Waals surface area contributed by atoms with Crippen LogP contribution in [0.2, 0.25) is 0 Å². The van der Waals surface area contributed by atoms with Crippen LogP contribution in [-0.2, 0) is 16.1 Å². The maximum absolute atomic E-state index is 12.4. The first kappa shape index (κ1) is 22.1. The molecular weight excluding hydrogens is 374 g/mol. The number of nitrogens with two attached hydrogens (primary N) is 1. The largest absolute Gasteiger partial charge is 0.459 e. The van der Waals surface area contributed by atoms with E-state index in [9.17, 15) is 14.4 Å². The van der Waals surface area contributed by atoms with Gasteiger partial charge in [0, 0.05) is 6.54 Å². The summed E-state index contributed by atoms with van der Waals surface area (Å²) in [5.41, 5.74) is 6.25. The Hall–Kier alpha value is -3.20. The lowest BCUT2D eigenvalue weighted by Crippen LogP contribution is -2.40. The molecule has 156 valence electrons. The second-order valence-electron chi connectivity index (χ2n) is 6.52. The van der Waals surface area contributed by atoms with Crippen molar-refractivity contribution in [1.29, 1.82) is 0 Å². The van der Waals surface area contributed by atoms with Gasteiger partial charge in [-0.1, -0.05) is 36.8 Å². The average Bonchev–Trinajstić information content (AvgIpc) is 3.22. The number of hydrogen-bond donors (Lipinski definition) is 4. The lowest BCUT2D eigenvalue weighted by molar-refractivity contribution is -0.146. The van der Waals surface area contributed by atoms with E-state index in [1.165, 1.54) is 13.3 Å². The van der Waals surface area contributed by atoms with Crippen molar-refractivity contribution in [1.82, 2.24) is 20.6 Å². The molecule has 0 unspecified atom stereocenters. The van der Waals surface area contributed by atoms with E-state index in [1.807, 2.05) is 30.3 Å². The zero-order valence-corrected chi connectivity index (χ0v) is 16.4. The van der Waals surface area contributed by atoms with Crippen molar-refractivity contribution >= 4 is 17.8 Å². The van der Waals surface area contributed by atoms with Gasteiger partial charge in [0.2, 0.25) is 0 Å². The molecule has 0 bridgehead atoms. The van der Waals surface area contributed by atoms with Gasteiger partial charge >= 0.3 is 5.97 Å². The number of ether oxygens (including phenoxy) is 1. The van der Waals surface area contributed by atoms with Crippen LogP contribution in [0.25, 0.3) is 0 Å². The van der Waals surface area contributed by atoms with E-state index in [0.717, 1.165) is 24.8 Å². The smallest absolute Gasteiger partial charge is 0.328 e. The van der Waals surface area contributed by atoms with E-state index in [4.69, 9.17) is 10.5 Å². The number of nitrogens with one attached hydrogen (secondary N) is 3. The zero-order chi connectivity index (χ0) is 21.1. The fourth-order valence-electron chi connectivity index (χ4n) is 2.55. The number of aromatic nitrogens is 2. The summed E-state index contributed by atoms with van der Waals surface area (Å²) in [6, 6.07) is 8.33. The molecule has 0 aliphatic carbocycles. The van der Waals surface area contributed by atoms with Gasteiger partial charge in [0.15, 0.2) is 5.69 Å². The monoisotopic (exact) mass is 401 g/mol. The van der Waals surface area contributed by atoms with Crippen molar-refractivity contribution in [2.24, 2.45) is 5.73 Å². The molecule has 0 radical (unpaired) electrons. The van der Waals surface area contributed by atoms with Crippen LogP contribution in [0.1, 0.15) is 52.7 Å². The fraction of sp³-hybridized carbons (Fsp3) is 0.400. The molecular formula is C20H27N5O4. The van der Waals surface area contributed by atoms with Crippen molar-refractivity contribution in [2.75, 3.05) is 13.1 Å². The molecule has 0 spiro atoms. The Balaban J connectivity index is 1.84. The first-order chi connectivity index (χ1) is 14.0. The number of H-pyrrole nitrogens is 1. The zero-order valence-electron chi connectivity index (χ0n) is 16.4.